The molecule has 1 heteroatoms. The molecular formula is C26H39N. The fourth-order valence-electron chi connectivity index (χ4n) is 8.62. The summed E-state index contributed by atoms with van der Waals surface area (Å²) in [6.45, 7) is 2.49. The first-order valence-corrected chi connectivity index (χ1v) is 11.9. The lowest BCUT2D eigenvalue weighted by Crippen LogP contribution is -2.58. The minimum absolute atomic E-state index is 0.491. The third-order valence-electron chi connectivity index (χ3n) is 9.41. The van der Waals surface area contributed by atoms with Gasteiger partial charge >= 0.3 is 0 Å². The van der Waals surface area contributed by atoms with Crippen LogP contribution in [0, 0.1) is 22.7 Å². The Hall–Kier alpha value is -0.820. The minimum Gasteiger partial charge on any atom is -0.328 e. The fourth-order valence-corrected chi connectivity index (χ4v) is 8.62. The summed E-state index contributed by atoms with van der Waals surface area (Å²) in [6, 6.07) is 12.2. The van der Waals surface area contributed by atoms with Gasteiger partial charge in [-0.3, -0.25) is 0 Å². The molecule has 0 aliphatic heterocycles. The monoisotopic (exact) mass is 365 g/mol. The summed E-state index contributed by atoms with van der Waals surface area (Å²) in [5, 5.41) is 0. The van der Waals surface area contributed by atoms with Crippen molar-refractivity contribution in [3.05, 3.63) is 35.9 Å². The maximum absolute atomic E-state index is 6.16. The van der Waals surface area contributed by atoms with Crippen LogP contribution < -0.4 is 5.73 Å². The molecule has 0 aromatic heterocycles. The molecule has 148 valence electrons. The average Bonchev–Trinajstić information content (AvgIpc) is 2.67. The van der Waals surface area contributed by atoms with Crippen LogP contribution in [0.5, 0.6) is 0 Å². The molecule has 1 nitrogen and oxygen atoms in total. The van der Waals surface area contributed by atoms with E-state index in [0.717, 1.165) is 11.8 Å². The average molecular weight is 366 g/mol. The first-order valence-electron chi connectivity index (χ1n) is 11.9. The lowest BCUT2D eigenvalue weighted by molar-refractivity contribution is -0.133. The maximum Gasteiger partial charge on any atom is 0.00390 e. The van der Waals surface area contributed by atoms with Crippen molar-refractivity contribution in [1.82, 2.24) is 0 Å². The predicted molar refractivity (Wildman–Crippen MR) is 114 cm³/mol. The third kappa shape index (κ3) is 3.18. The van der Waals surface area contributed by atoms with Gasteiger partial charge in [0.2, 0.25) is 0 Å². The number of rotatable bonds is 5. The van der Waals surface area contributed by atoms with E-state index in [9.17, 15) is 0 Å². The van der Waals surface area contributed by atoms with Gasteiger partial charge in [-0.15, -0.1) is 0 Å². The Morgan fingerprint density at radius 2 is 1.59 bits per heavy atom. The molecule has 27 heavy (non-hydrogen) atoms. The molecule has 5 aliphatic rings. The molecule has 5 aliphatic carbocycles. The summed E-state index contributed by atoms with van der Waals surface area (Å²) in [5.74, 6) is 1.95. The van der Waals surface area contributed by atoms with Crippen LogP contribution in [-0.4, -0.2) is 6.04 Å². The SMILES string of the molecule is CCC12CC3CC(CCC4CCC(N)CC4)(C1)CC(c1ccccc1)(C3)C2. The van der Waals surface area contributed by atoms with Crippen molar-refractivity contribution in [3.8, 4) is 0 Å². The van der Waals surface area contributed by atoms with Crippen LogP contribution in [0.2, 0.25) is 0 Å². The van der Waals surface area contributed by atoms with Crippen molar-refractivity contribution in [2.45, 2.75) is 102 Å². The van der Waals surface area contributed by atoms with E-state index in [0.29, 0.717) is 22.3 Å². The number of hydrogen-bond acceptors (Lipinski definition) is 1. The Labute approximate surface area is 166 Å². The molecule has 2 N–H and O–H groups in total. The Balaban J connectivity index is 1.40. The Kier molecular flexibility index (Phi) is 4.46. The van der Waals surface area contributed by atoms with Crippen LogP contribution >= 0.6 is 0 Å². The highest BCUT2D eigenvalue weighted by Gasteiger charge is 2.62. The molecule has 1 aromatic carbocycles. The maximum atomic E-state index is 6.16. The number of hydrogen-bond donors (Lipinski definition) is 1. The summed E-state index contributed by atoms with van der Waals surface area (Å²) < 4.78 is 0. The smallest absolute Gasteiger partial charge is 0.00390 e. The van der Waals surface area contributed by atoms with E-state index in [1.165, 1.54) is 83.5 Å². The van der Waals surface area contributed by atoms with Crippen molar-refractivity contribution in [2.24, 2.45) is 28.4 Å². The third-order valence-corrected chi connectivity index (χ3v) is 9.41. The zero-order chi connectivity index (χ0) is 18.5. The molecule has 0 radical (unpaired) electrons. The highest BCUT2D eigenvalue weighted by atomic mass is 14.7. The Bertz CT molecular complexity index is 660. The number of benzene rings is 1. The normalized spacial score (nSPS) is 45.9. The lowest BCUT2D eigenvalue weighted by atomic mass is 9.37. The van der Waals surface area contributed by atoms with E-state index in [4.69, 9.17) is 5.73 Å². The van der Waals surface area contributed by atoms with Gasteiger partial charge in [-0.1, -0.05) is 43.7 Å². The Morgan fingerprint density at radius 1 is 0.889 bits per heavy atom. The molecule has 6 rings (SSSR count). The molecule has 4 bridgehead atoms. The molecule has 1 aromatic rings. The molecule has 5 saturated carbocycles. The molecule has 0 heterocycles. The van der Waals surface area contributed by atoms with Crippen molar-refractivity contribution in [3.63, 3.8) is 0 Å². The zero-order valence-electron chi connectivity index (χ0n) is 17.4. The van der Waals surface area contributed by atoms with E-state index in [-0.39, 0.29) is 0 Å². The standard InChI is InChI=1S/C26H39N/c1-2-24-14-21-15-25(17-24,13-12-20-8-10-23(27)11-9-20)19-26(16-21,18-24)22-6-4-3-5-7-22/h3-7,20-21,23H,2,8-19,27H2,1H3. The van der Waals surface area contributed by atoms with Gasteiger partial charge in [-0.05, 0) is 111 Å². The molecular weight excluding hydrogens is 326 g/mol. The number of nitrogens with two attached hydrogens (primary N) is 1. The van der Waals surface area contributed by atoms with Crippen LogP contribution in [-0.2, 0) is 5.41 Å². The summed E-state index contributed by atoms with van der Waals surface area (Å²) in [6.07, 6.45) is 18.7. The van der Waals surface area contributed by atoms with Gasteiger partial charge < -0.3 is 5.73 Å². The van der Waals surface area contributed by atoms with Gasteiger partial charge in [0.15, 0.2) is 0 Å². The summed E-state index contributed by atoms with van der Waals surface area (Å²) in [5.41, 5.74) is 9.60. The van der Waals surface area contributed by atoms with Crippen LogP contribution in [0.4, 0.5) is 0 Å². The zero-order valence-corrected chi connectivity index (χ0v) is 17.4. The highest BCUT2D eigenvalue weighted by Crippen LogP contribution is 2.72. The van der Waals surface area contributed by atoms with Crippen molar-refractivity contribution in [1.29, 1.82) is 0 Å². The summed E-state index contributed by atoms with van der Waals surface area (Å²) in [7, 11) is 0. The quantitative estimate of drug-likeness (QED) is 0.625. The van der Waals surface area contributed by atoms with E-state index >= 15 is 0 Å². The molecule has 0 saturated heterocycles. The first kappa shape index (κ1) is 18.2. The largest absolute Gasteiger partial charge is 0.328 e. The summed E-state index contributed by atoms with van der Waals surface area (Å²) >= 11 is 0. The van der Waals surface area contributed by atoms with Gasteiger partial charge in [-0.25, -0.2) is 0 Å². The van der Waals surface area contributed by atoms with E-state index in [1.807, 2.05) is 0 Å². The molecule has 4 atom stereocenters. The predicted octanol–water partition coefficient (Wildman–Crippen LogP) is 6.60. The van der Waals surface area contributed by atoms with Gasteiger partial charge in [0.25, 0.3) is 0 Å². The molecule has 5 fully saturated rings. The van der Waals surface area contributed by atoms with Crippen molar-refractivity contribution in [2.75, 3.05) is 0 Å². The van der Waals surface area contributed by atoms with E-state index < -0.39 is 0 Å². The lowest BCUT2D eigenvalue weighted by Gasteiger charge is -2.67. The highest BCUT2D eigenvalue weighted by molar-refractivity contribution is 5.31. The van der Waals surface area contributed by atoms with Crippen LogP contribution in [0.25, 0.3) is 0 Å². The van der Waals surface area contributed by atoms with Gasteiger partial charge in [0, 0.05) is 6.04 Å². The van der Waals surface area contributed by atoms with Crippen molar-refractivity contribution >= 4 is 0 Å². The van der Waals surface area contributed by atoms with Crippen LogP contribution in [0.1, 0.15) is 96.0 Å². The first-order chi connectivity index (χ1) is 13.0. The summed E-state index contributed by atoms with van der Waals surface area (Å²) in [4.78, 5) is 0. The Morgan fingerprint density at radius 3 is 2.33 bits per heavy atom. The van der Waals surface area contributed by atoms with Gasteiger partial charge in [0.1, 0.15) is 0 Å². The molecule has 0 spiro atoms. The van der Waals surface area contributed by atoms with Crippen molar-refractivity contribution < 1.29 is 0 Å². The van der Waals surface area contributed by atoms with Gasteiger partial charge in [-0.2, -0.15) is 0 Å². The molecule has 0 amide bonds. The fraction of sp³-hybridized carbons (Fsp3) is 0.769. The topological polar surface area (TPSA) is 26.0 Å². The second kappa shape index (κ2) is 6.61. The van der Waals surface area contributed by atoms with E-state index in [2.05, 4.69) is 37.3 Å². The second-order valence-electron chi connectivity index (χ2n) is 11.3. The second-order valence-corrected chi connectivity index (χ2v) is 11.3. The van der Waals surface area contributed by atoms with E-state index in [1.54, 1.807) is 5.56 Å². The van der Waals surface area contributed by atoms with Crippen LogP contribution in [0.3, 0.4) is 0 Å². The minimum atomic E-state index is 0.491. The van der Waals surface area contributed by atoms with Crippen LogP contribution in [0.15, 0.2) is 30.3 Å². The molecule has 4 unspecified atom stereocenters. The van der Waals surface area contributed by atoms with Gasteiger partial charge in [0.05, 0.1) is 0 Å².